The van der Waals surface area contributed by atoms with Gasteiger partial charge in [-0.25, -0.2) is 4.39 Å². The normalized spacial score (nSPS) is 11.6. The Morgan fingerprint density at radius 1 is 0.896 bits per heavy atom. The Bertz CT molecular complexity index is 1930. The zero-order valence-electron chi connectivity index (χ0n) is 29.5. The Morgan fingerprint density at radius 2 is 1.48 bits per heavy atom. The van der Waals surface area contributed by atoms with Crippen molar-refractivity contribution in [2.24, 2.45) is 11.8 Å². The number of fused-ring (bicyclic) bond motifs is 3. The minimum Gasteiger partial charge on any atom is -0.512 e. The van der Waals surface area contributed by atoms with E-state index in [9.17, 15) is 9.90 Å². The van der Waals surface area contributed by atoms with Gasteiger partial charge in [0, 0.05) is 72.1 Å². The van der Waals surface area contributed by atoms with Crippen LogP contribution in [0.2, 0.25) is 0 Å². The number of allylic oxidation sites excluding steroid dienone is 2. The summed E-state index contributed by atoms with van der Waals surface area (Å²) < 4.78 is 19.4. The van der Waals surface area contributed by atoms with E-state index < -0.39 is 0 Å². The number of aliphatic hydroxyl groups excluding tert-OH is 1. The predicted octanol–water partition coefficient (Wildman–Crippen LogP) is 11.1. The van der Waals surface area contributed by atoms with Gasteiger partial charge in [0.25, 0.3) is 0 Å². The average Bonchev–Trinajstić information content (AvgIpc) is 3.40. The molecule has 0 fully saturated rings. The van der Waals surface area contributed by atoms with Crippen LogP contribution in [0.5, 0.6) is 0 Å². The number of benzene rings is 2. The van der Waals surface area contributed by atoms with Gasteiger partial charge in [0.15, 0.2) is 5.78 Å². The van der Waals surface area contributed by atoms with Crippen molar-refractivity contribution < 1.29 is 39.0 Å². The maximum Gasteiger partial charge on any atom is 0.162 e. The summed E-state index contributed by atoms with van der Waals surface area (Å²) in [5.41, 5.74) is 8.51. The third-order valence-electron chi connectivity index (χ3n) is 9.11. The minimum absolute atomic E-state index is 0. The molecule has 3 heterocycles. The van der Waals surface area contributed by atoms with E-state index in [1.807, 2.05) is 82.6 Å². The van der Waals surface area contributed by atoms with E-state index in [0.29, 0.717) is 10.3 Å². The second-order valence-electron chi connectivity index (χ2n) is 12.5. The molecule has 0 aliphatic carbocycles. The van der Waals surface area contributed by atoms with Crippen molar-refractivity contribution in [3.05, 3.63) is 108 Å². The van der Waals surface area contributed by atoms with Crippen molar-refractivity contribution in [2.75, 3.05) is 0 Å². The van der Waals surface area contributed by atoms with Crippen LogP contribution >= 0.6 is 11.3 Å². The molecule has 0 atom stereocenters. The molecule has 0 aliphatic heterocycles. The molecule has 0 saturated carbocycles. The van der Waals surface area contributed by atoms with Gasteiger partial charge in [0.1, 0.15) is 5.82 Å². The average molecular weight is 844 g/mol. The van der Waals surface area contributed by atoms with Crippen LogP contribution in [0.15, 0.2) is 60.5 Å². The Balaban J connectivity index is 0.000000334. The number of thiophene rings is 1. The van der Waals surface area contributed by atoms with Gasteiger partial charge in [0.2, 0.25) is 0 Å². The van der Waals surface area contributed by atoms with Gasteiger partial charge in [-0.1, -0.05) is 52.3 Å². The van der Waals surface area contributed by atoms with Crippen LogP contribution in [-0.2, 0) is 24.9 Å². The van der Waals surface area contributed by atoms with E-state index >= 15 is 4.39 Å². The van der Waals surface area contributed by atoms with Crippen LogP contribution < -0.4 is 4.57 Å². The Kier molecular flexibility index (Phi) is 13.6. The van der Waals surface area contributed by atoms with Crippen LogP contribution in [0.4, 0.5) is 4.39 Å². The van der Waals surface area contributed by atoms with Gasteiger partial charge in [-0.2, -0.15) is 18.1 Å². The van der Waals surface area contributed by atoms with E-state index in [1.165, 1.54) is 23.0 Å². The van der Waals surface area contributed by atoms with Gasteiger partial charge >= 0.3 is 0 Å². The fraction of sp³-hybridized carbons (Fsp3) is 0.341. The van der Waals surface area contributed by atoms with Gasteiger partial charge in [0.05, 0.1) is 22.3 Å². The molecule has 3 aromatic heterocycles. The number of pyridine rings is 2. The molecule has 0 bridgehead atoms. The first-order chi connectivity index (χ1) is 22.3. The van der Waals surface area contributed by atoms with Crippen LogP contribution in [0.3, 0.4) is 0 Å². The second-order valence-corrected chi connectivity index (χ2v) is 13.5. The molecule has 1 radical (unpaired) electrons. The third-order valence-corrected chi connectivity index (χ3v) is 10.3. The minimum atomic E-state index is -0.189. The predicted molar refractivity (Wildman–Crippen MR) is 196 cm³/mol. The quantitative estimate of drug-likeness (QED) is 0.0696. The Morgan fingerprint density at radius 3 is 2.06 bits per heavy atom. The summed E-state index contributed by atoms with van der Waals surface area (Å²) in [5, 5.41) is 11.7. The molecule has 1 N–H and O–H groups in total. The molecular formula is C41H48FIrN2O2S-. The third kappa shape index (κ3) is 8.19. The Hall–Kier alpha value is -3.51. The number of hydrogen-bond donors (Lipinski definition) is 1. The second kappa shape index (κ2) is 16.7. The maximum atomic E-state index is 15.9. The maximum absolute atomic E-state index is 15.9. The molecule has 5 rings (SSSR count). The number of hydrogen-bond acceptors (Lipinski definition) is 4. The van der Waals surface area contributed by atoms with E-state index in [-0.39, 0.29) is 49.3 Å². The number of rotatable bonds is 9. The molecular weight excluding hydrogens is 796 g/mol. The molecule has 0 amide bonds. The van der Waals surface area contributed by atoms with Gasteiger partial charge in [-0.3, -0.25) is 9.78 Å². The van der Waals surface area contributed by atoms with Gasteiger partial charge in [-0.05, 0) is 75.6 Å². The standard InChI is InChI=1S/C28H24FN2S.C13H24O2.Ir/c1-15-11-16(2)19(5)24(12-15)26-28-23(9-10-31(26)6)22-8-7-21(25(29)27(22)32-28)20-13-17(3)30-18(4)14-20;1-5-10(6-2)12(14)9-13(15)11(7-3)8-4;/h7-14H,5-6H2,1-4H3;9-11,14H,5-8H2,1-4H3;/q-1;;/b;12-9-;. The van der Waals surface area contributed by atoms with Crippen LogP contribution in [-0.4, -0.2) is 15.9 Å². The van der Waals surface area contributed by atoms with Crippen molar-refractivity contribution in [1.29, 1.82) is 0 Å². The summed E-state index contributed by atoms with van der Waals surface area (Å²) in [5.74, 6) is 0.358. The molecule has 0 spiro atoms. The molecule has 5 aromatic rings. The summed E-state index contributed by atoms with van der Waals surface area (Å²) in [4.78, 5) is 16.1. The molecule has 257 valence electrons. The van der Waals surface area contributed by atoms with E-state index in [0.717, 1.165) is 80.5 Å². The number of aromatic nitrogens is 2. The Labute approximate surface area is 303 Å². The topological polar surface area (TPSA) is 54.1 Å². The first-order valence-electron chi connectivity index (χ1n) is 16.6. The molecule has 2 aromatic carbocycles. The molecule has 48 heavy (non-hydrogen) atoms. The van der Waals surface area contributed by atoms with Crippen LogP contribution in [0, 0.1) is 59.3 Å². The summed E-state index contributed by atoms with van der Waals surface area (Å²) in [6, 6.07) is 14.1. The fourth-order valence-electron chi connectivity index (χ4n) is 6.34. The summed E-state index contributed by atoms with van der Waals surface area (Å²) in [6.07, 6.45) is 6.85. The monoisotopic (exact) mass is 844 g/mol. The first-order valence-corrected chi connectivity index (χ1v) is 17.4. The van der Waals surface area contributed by atoms with Crippen molar-refractivity contribution in [3.8, 4) is 22.4 Å². The molecule has 0 saturated heterocycles. The van der Waals surface area contributed by atoms with Gasteiger partial charge < -0.3 is 9.67 Å². The largest absolute Gasteiger partial charge is 0.512 e. The number of aliphatic hydroxyl groups is 1. The number of aryl methyl sites for hydroxylation is 4. The molecule has 4 nitrogen and oxygen atoms in total. The number of nitrogens with zero attached hydrogens (tertiary/aromatic N) is 2. The molecule has 7 heteroatoms. The summed E-state index contributed by atoms with van der Waals surface area (Å²) in [6.45, 7) is 20.4. The van der Waals surface area contributed by atoms with E-state index in [1.54, 1.807) is 0 Å². The van der Waals surface area contributed by atoms with Crippen molar-refractivity contribution in [2.45, 2.75) is 81.1 Å². The first kappa shape index (κ1) is 38.9. The summed E-state index contributed by atoms with van der Waals surface area (Å²) in [7, 11) is 4.22. The van der Waals surface area contributed by atoms with E-state index in [4.69, 9.17) is 0 Å². The van der Waals surface area contributed by atoms with Gasteiger partial charge in [-0.15, -0.1) is 29.0 Å². The summed E-state index contributed by atoms with van der Waals surface area (Å²) >= 11 is 1.48. The number of carbonyl (C=O) groups excluding carboxylic acids is 1. The van der Waals surface area contributed by atoms with Crippen LogP contribution in [0.1, 0.15) is 81.5 Å². The van der Waals surface area contributed by atoms with Crippen LogP contribution in [0.25, 0.3) is 42.6 Å². The smallest absolute Gasteiger partial charge is 0.162 e. The molecule has 0 unspecified atom stereocenters. The van der Waals surface area contributed by atoms with Crippen molar-refractivity contribution >= 4 is 37.3 Å². The number of carbonyl (C=O) groups is 1. The zero-order chi connectivity index (χ0) is 34.6. The zero-order valence-corrected chi connectivity index (χ0v) is 32.7. The van der Waals surface area contributed by atoms with E-state index in [2.05, 4.69) is 44.9 Å². The number of halogens is 1. The van der Waals surface area contributed by atoms with Crippen molar-refractivity contribution in [1.82, 2.24) is 4.98 Å². The number of ketones is 1. The fourth-order valence-corrected chi connectivity index (χ4v) is 7.64. The molecule has 0 aliphatic rings. The van der Waals surface area contributed by atoms with Crippen molar-refractivity contribution in [3.63, 3.8) is 0 Å². The SMILES string of the molecule is CCC(CC)C(=O)/C=C(\O)C(CC)CC.[CH2-]c1c(C)cc(C)cc1-c1c2sc3c(F)c(-c4cc(C)nc(C)c4)ccc3c2cc[n+]1[CH2-].[Ir].